The minimum absolute atomic E-state index is 0.199. The molecule has 0 saturated carbocycles. The van der Waals surface area contributed by atoms with E-state index < -0.39 is 6.17 Å². The molecular weight excluding hydrogens is 284 g/mol. The van der Waals surface area contributed by atoms with Gasteiger partial charge in [-0.15, -0.1) is 10.2 Å². The largest absolute Gasteiger partial charge is 0.376 e. The van der Waals surface area contributed by atoms with Gasteiger partial charge in [0.05, 0.1) is 0 Å². The van der Waals surface area contributed by atoms with Crippen molar-refractivity contribution in [3.8, 4) is 0 Å². The van der Waals surface area contributed by atoms with Crippen LogP contribution in [-0.2, 0) is 6.54 Å². The van der Waals surface area contributed by atoms with Gasteiger partial charge in [0, 0.05) is 18.7 Å². The summed E-state index contributed by atoms with van der Waals surface area (Å²) in [7, 11) is 0. The van der Waals surface area contributed by atoms with Crippen LogP contribution in [0.4, 0.5) is 0 Å². The molecule has 2 heterocycles. The second kappa shape index (κ2) is 5.61. The molecule has 3 N–H and O–H groups in total. The number of thiocarbonyl (C=S) groups is 1. The van der Waals surface area contributed by atoms with E-state index in [0.717, 1.165) is 35.9 Å². The molecule has 1 aliphatic rings. The monoisotopic (exact) mass is 300 g/mol. The standard InChI is InChI=1S/C14H16N6S/c1-9-18-19-13-12(17-14(15)21)16-11(7-8-20(9)13)10-5-3-2-4-6-10/h2-6,12H,7-8H2,1H3,(H3,15,17,21). The quantitative estimate of drug-likeness (QED) is 0.817. The van der Waals surface area contributed by atoms with Crippen molar-refractivity contribution in [2.45, 2.75) is 26.1 Å². The number of aliphatic imine (C=N–C) groups is 1. The molecule has 0 bridgehead atoms. The van der Waals surface area contributed by atoms with E-state index in [-0.39, 0.29) is 5.11 Å². The van der Waals surface area contributed by atoms with Crippen LogP contribution in [0, 0.1) is 6.92 Å². The van der Waals surface area contributed by atoms with Gasteiger partial charge in [-0.05, 0) is 24.7 Å². The first kappa shape index (κ1) is 13.7. The lowest BCUT2D eigenvalue weighted by Gasteiger charge is -2.13. The highest BCUT2D eigenvalue weighted by atomic mass is 32.1. The van der Waals surface area contributed by atoms with Crippen molar-refractivity contribution in [1.29, 1.82) is 0 Å². The lowest BCUT2D eigenvalue weighted by Crippen LogP contribution is -2.33. The van der Waals surface area contributed by atoms with E-state index in [4.69, 9.17) is 22.9 Å². The van der Waals surface area contributed by atoms with Gasteiger partial charge >= 0.3 is 0 Å². The van der Waals surface area contributed by atoms with Gasteiger partial charge in [0.2, 0.25) is 0 Å². The summed E-state index contributed by atoms with van der Waals surface area (Å²) < 4.78 is 2.05. The zero-order valence-corrected chi connectivity index (χ0v) is 12.5. The van der Waals surface area contributed by atoms with Crippen molar-refractivity contribution < 1.29 is 0 Å². The number of benzene rings is 1. The van der Waals surface area contributed by atoms with E-state index in [9.17, 15) is 0 Å². The molecule has 21 heavy (non-hydrogen) atoms. The minimum Gasteiger partial charge on any atom is -0.376 e. The smallest absolute Gasteiger partial charge is 0.181 e. The molecule has 7 heteroatoms. The maximum absolute atomic E-state index is 5.62. The molecule has 1 aliphatic heterocycles. The number of fused-ring (bicyclic) bond motifs is 1. The van der Waals surface area contributed by atoms with Gasteiger partial charge in [-0.3, -0.25) is 4.99 Å². The summed E-state index contributed by atoms with van der Waals surface area (Å²) in [6.45, 7) is 2.72. The molecule has 1 unspecified atom stereocenters. The third-order valence-corrected chi connectivity index (χ3v) is 3.57. The molecule has 0 fully saturated rings. The van der Waals surface area contributed by atoms with E-state index in [1.807, 2.05) is 25.1 Å². The van der Waals surface area contributed by atoms with Gasteiger partial charge in [-0.1, -0.05) is 30.3 Å². The maximum atomic E-state index is 5.62. The number of nitrogens with two attached hydrogens (primary N) is 1. The number of nitrogens with one attached hydrogen (secondary N) is 1. The molecule has 0 aliphatic carbocycles. The van der Waals surface area contributed by atoms with Gasteiger partial charge in [0.1, 0.15) is 5.82 Å². The zero-order valence-electron chi connectivity index (χ0n) is 11.7. The molecule has 0 radical (unpaired) electrons. The molecule has 1 atom stereocenters. The summed E-state index contributed by atoms with van der Waals surface area (Å²) in [5.41, 5.74) is 7.73. The van der Waals surface area contributed by atoms with Crippen LogP contribution in [0.25, 0.3) is 0 Å². The lowest BCUT2D eigenvalue weighted by molar-refractivity contribution is 0.585. The first-order valence-electron chi connectivity index (χ1n) is 6.73. The SMILES string of the molecule is Cc1nnc2n1CCC(c1ccccc1)=NC2NC(N)=S. The van der Waals surface area contributed by atoms with E-state index >= 15 is 0 Å². The Labute approximate surface area is 128 Å². The highest BCUT2D eigenvalue weighted by Crippen LogP contribution is 2.21. The predicted molar refractivity (Wildman–Crippen MR) is 85.0 cm³/mol. The van der Waals surface area contributed by atoms with Crippen molar-refractivity contribution in [2.75, 3.05) is 0 Å². The Kier molecular flexibility index (Phi) is 3.66. The van der Waals surface area contributed by atoms with Crippen molar-refractivity contribution in [2.24, 2.45) is 10.7 Å². The normalized spacial score (nSPS) is 17.6. The second-order valence-corrected chi connectivity index (χ2v) is 5.30. The first-order valence-corrected chi connectivity index (χ1v) is 7.14. The Morgan fingerprint density at radius 2 is 2.10 bits per heavy atom. The summed E-state index contributed by atoms with van der Waals surface area (Å²) in [4.78, 5) is 4.76. The van der Waals surface area contributed by atoms with Crippen LogP contribution in [0.15, 0.2) is 35.3 Å². The molecule has 0 amide bonds. The van der Waals surface area contributed by atoms with Gasteiger partial charge in [-0.25, -0.2) is 0 Å². The topological polar surface area (TPSA) is 81.1 Å². The van der Waals surface area contributed by atoms with Gasteiger partial charge < -0.3 is 15.6 Å². The Morgan fingerprint density at radius 1 is 1.33 bits per heavy atom. The van der Waals surface area contributed by atoms with Crippen LogP contribution >= 0.6 is 12.2 Å². The van der Waals surface area contributed by atoms with E-state index in [1.54, 1.807) is 0 Å². The fourth-order valence-corrected chi connectivity index (χ4v) is 2.56. The molecule has 0 saturated heterocycles. The Hall–Kier alpha value is -2.28. The van der Waals surface area contributed by atoms with Crippen LogP contribution in [0.1, 0.15) is 29.8 Å². The summed E-state index contributed by atoms with van der Waals surface area (Å²) >= 11 is 4.95. The third kappa shape index (κ3) is 2.78. The fourth-order valence-electron chi connectivity index (χ4n) is 2.45. The average Bonchev–Trinajstić information content (AvgIpc) is 2.74. The summed E-state index contributed by atoms with van der Waals surface area (Å²) in [5.74, 6) is 1.61. The number of hydrogen-bond acceptors (Lipinski definition) is 4. The van der Waals surface area contributed by atoms with Crippen molar-refractivity contribution >= 4 is 23.0 Å². The molecule has 1 aromatic heterocycles. The fraction of sp³-hybridized carbons (Fsp3) is 0.286. The number of aryl methyl sites for hydroxylation is 1. The van der Waals surface area contributed by atoms with Gasteiger partial charge in [0.15, 0.2) is 17.1 Å². The number of hydrogen-bond donors (Lipinski definition) is 2. The Bertz CT molecular complexity index is 691. The summed E-state index contributed by atoms with van der Waals surface area (Å²) in [6.07, 6.45) is 0.409. The Morgan fingerprint density at radius 3 is 2.81 bits per heavy atom. The van der Waals surface area contributed by atoms with Gasteiger partial charge in [-0.2, -0.15) is 0 Å². The minimum atomic E-state index is -0.401. The van der Waals surface area contributed by atoms with Crippen molar-refractivity contribution in [3.05, 3.63) is 47.5 Å². The third-order valence-electron chi connectivity index (χ3n) is 3.45. The summed E-state index contributed by atoms with van der Waals surface area (Å²) in [6, 6.07) is 10.1. The highest BCUT2D eigenvalue weighted by molar-refractivity contribution is 7.80. The molecule has 1 aromatic carbocycles. The van der Waals surface area contributed by atoms with Crippen molar-refractivity contribution in [1.82, 2.24) is 20.1 Å². The maximum Gasteiger partial charge on any atom is 0.181 e. The van der Waals surface area contributed by atoms with E-state index in [0.29, 0.717) is 0 Å². The molecule has 6 nitrogen and oxygen atoms in total. The Balaban J connectivity index is 2.02. The van der Waals surface area contributed by atoms with Crippen molar-refractivity contribution in [3.63, 3.8) is 0 Å². The lowest BCUT2D eigenvalue weighted by atomic mass is 10.1. The highest BCUT2D eigenvalue weighted by Gasteiger charge is 2.24. The van der Waals surface area contributed by atoms with Crippen LogP contribution in [0.2, 0.25) is 0 Å². The van der Waals surface area contributed by atoms with Crippen LogP contribution < -0.4 is 11.1 Å². The molecule has 3 rings (SSSR count). The van der Waals surface area contributed by atoms with E-state index in [2.05, 4.69) is 32.2 Å². The molecule has 0 spiro atoms. The molecular formula is C14H16N6S. The number of aromatic nitrogens is 3. The van der Waals surface area contributed by atoms with Crippen LogP contribution in [-0.4, -0.2) is 25.6 Å². The summed E-state index contributed by atoms with van der Waals surface area (Å²) in [5, 5.41) is 11.5. The van der Waals surface area contributed by atoms with Gasteiger partial charge in [0.25, 0.3) is 0 Å². The molecule has 108 valence electrons. The zero-order chi connectivity index (χ0) is 14.8. The average molecular weight is 300 g/mol. The number of rotatable bonds is 2. The second-order valence-electron chi connectivity index (χ2n) is 4.86. The first-order chi connectivity index (χ1) is 10.1. The van der Waals surface area contributed by atoms with Crippen LogP contribution in [0.3, 0.4) is 0 Å². The predicted octanol–water partition coefficient (Wildman–Crippen LogP) is 1.31. The molecule has 2 aromatic rings. The van der Waals surface area contributed by atoms with Crippen LogP contribution in [0.5, 0.6) is 0 Å². The van der Waals surface area contributed by atoms with E-state index in [1.165, 1.54) is 0 Å². The number of nitrogens with zero attached hydrogens (tertiary/aromatic N) is 4.